The summed E-state index contributed by atoms with van der Waals surface area (Å²) in [6.07, 6.45) is 3.28. The molecule has 0 bridgehead atoms. The topological polar surface area (TPSA) is 76.7 Å². The number of thioether (sulfide) groups is 1. The second-order valence-corrected chi connectivity index (χ2v) is 8.97. The number of carbonyl (C=O) groups is 1. The van der Waals surface area contributed by atoms with E-state index in [9.17, 15) is 9.18 Å². The van der Waals surface area contributed by atoms with Gasteiger partial charge in [-0.1, -0.05) is 24.6 Å². The molecule has 1 aliphatic heterocycles. The smallest absolute Gasteiger partial charge is 0.413 e. The van der Waals surface area contributed by atoms with Crippen molar-refractivity contribution in [1.29, 1.82) is 0 Å². The fourth-order valence-corrected chi connectivity index (χ4v) is 4.92. The van der Waals surface area contributed by atoms with Gasteiger partial charge in [0.2, 0.25) is 0 Å². The van der Waals surface area contributed by atoms with Crippen molar-refractivity contribution in [2.24, 2.45) is 10.9 Å². The number of halogens is 1. The number of nitrogens with zero attached hydrogens (tertiary/aromatic N) is 1. The minimum absolute atomic E-state index is 0.224. The summed E-state index contributed by atoms with van der Waals surface area (Å²) in [6.45, 7) is 5.43. The Morgan fingerprint density at radius 2 is 2.19 bits per heavy atom. The fourth-order valence-electron chi connectivity index (χ4n) is 3.73. The number of nitrogens with two attached hydrogens (primary N) is 1. The Bertz CT molecular complexity index is 732. The van der Waals surface area contributed by atoms with E-state index in [2.05, 4.69) is 5.32 Å². The maximum absolute atomic E-state index is 14.7. The average molecular weight is 380 g/mol. The van der Waals surface area contributed by atoms with Gasteiger partial charge in [0.25, 0.3) is 0 Å². The van der Waals surface area contributed by atoms with Gasteiger partial charge in [-0.15, -0.1) is 0 Å². The van der Waals surface area contributed by atoms with Crippen LogP contribution in [0.4, 0.5) is 14.9 Å². The van der Waals surface area contributed by atoms with E-state index in [1.54, 1.807) is 12.1 Å². The molecular weight excluding hydrogens is 353 g/mol. The normalized spacial score (nSPS) is 25.8. The number of rotatable bonds is 1. The second-order valence-electron chi connectivity index (χ2n) is 7.96. The van der Waals surface area contributed by atoms with E-state index in [1.807, 2.05) is 20.8 Å². The zero-order valence-electron chi connectivity index (χ0n) is 15.5. The summed E-state index contributed by atoms with van der Waals surface area (Å²) in [7, 11) is 0. The number of ether oxygens (including phenoxy) is 1. The Balaban J connectivity index is 1.95. The van der Waals surface area contributed by atoms with Crippen molar-refractivity contribution in [3.63, 3.8) is 0 Å². The van der Waals surface area contributed by atoms with Gasteiger partial charge in [-0.25, -0.2) is 9.18 Å². The lowest BCUT2D eigenvalue weighted by atomic mass is 9.69. The number of nitrogens with one attached hydrogen (secondary N) is 1. The Morgan fingerprint density at radius 3 is 2.92 bits per heavy atom. The van der Waals surface area contributed by atoms with E-state index < -0.39 is 17.2 Å². The lowest BCUT2D eigenvalue weighted by Gasteiger charge is -2.44. The van der Waals surface area contributed by atoms with Gasteiger partial charge in [-0.3, -0.25) is 10.3 Å². The summed E-state index contributed by atoms with van der Waals surface area (Å²) in [6, 6.07) is 4.66. The summed E-state index contributed by atoms with van der Waals surface area (Å²) >= 11 is 1.49. The molecule has 3 N–H and O–H groups in total. The SMILES string of the molecule is CC(C)(C)OC(=O)NC1=NC2(c3cc(N)ccc3F)CCCC[C@H]2CS1. The molecular formula is C19H26FN3O2S. The molecule has 142 valence electrons. The molecule has 1 aromatic rings. The minimum atomic E-state index is -0.673. The number of alkyl carbamates (subject to hydrolysis) is 1. The van der Waals surface area contributed by atoms with Crippen LogP contribution >= 0.6 is 11.8 Å². The number of carbonyl (C=O) groups excluding carboxylic acids is 1. The third-order valence-electron chi connectivity index (χ3n) is 4.82. The number of amides is 1. The first-order valence-corrected chi connectivity index (χ1v) is 9.96. The quantitative estimate of drug-likeness (QED) is 0.708. The van der Waals surface area contributed by atoms with Crippen molar-refractivity contribution in [1.82, 2.24) is 5.32 Å². The van der Waals surface area contributed by atoms with Crippen LogP contribution in [0.1, 0.15) is 52.0 Å². The standard InChI is InChI=1S/C19H26FN3O2S/c1-18(2,3)25-17(24)22-16-23-19(9-5-4-6-12(19)11-26-16)14-10-13(21)7-8-15(14)20/h7-8,10,12H,4-6,9,11,21H2,1-3H3,(H,22,23,24)/t12-,19?/m0/s1. The first-order chi connectivity index (χ1) is 12.2. The highest BCUT2D eigenvalue weighted by Crippen LogP contribution is 2.50. The Hall–Kier alpha value is -1.76. The third kappa shape index (κ3) is 3.98. The lowest BCUT2D eigenvalue weighted by molar-refractivity contribution is 0.0563. The van der Waals surface area contributed by atoms with Gasteiger partial charge >= 0.3 is 6.09 Å². The fraction of sp³-hybridized carbons (Fsp3) is 0.579. The van der Waals surface area contributed by atoms with Crippen molar-refractivity contribution in [2.45, 2.75) is 57.6 Å². The number of anilines is 1. The molecule has 0 aromatic heterocycles. The maximum atomic E-state index is 14.7. The average Bonchev–Trinajstić information content (AvgIpc) is 2.55. The number of benzene rings is 1. The number of aliphatic imine (C=N–C) groups is 1. The first-order valence-electron chi connectivity index (χ1n) is 8.98. The number of nitrogen functional groups attached to an aromatic ring is 1. The Labute approximate surface area is 158 Å². The van der Waals surface area contributed by atoms with Gasteiger partial charge in [0, 0.05) is 17.0 Å². The number of amidine groups is 1. The molecule has 7 heteroatoms. The van der Waals surface area contributed by atoms with Crippen LogP contribution in [-0.4, -0.2) is 22.6 Å². The molecule has 1 unspecified atom stereocenters. The molecule has 1 fully saturated rings. The molecule has 1 heterocycles. The predicted molar refractivity (Wildman–Crippen MR) is 104 cm³/mol. The van der Waals surface area contributed by atoms with Gasteiger partial charge in [0.1, 0.15) is 11.4 Å². The van der Waals surface area contributed by atoms with Crippen molar-refractivity contribution in [3.8, 4) is 0 Å². The molecule has 2 atom stereocenters. The molecule has 0 spiro atoms. The van der Waals surface area contributed by atoms with Gasteiger partial charge in [0.15, 0.2) is 5.17 Å². The van der Waals surface area contributed by atoms with E-state index >= 15 is 0 Å². The molecule has 3 rings (SSSR count). The molecule has 1 aromatic carbocycles. The lowest BCUT2D eigenvalue weighted by Crippen LogP contribution is -2.45. The Morgan fingerprint density at radius 1 is 1.42 bits per heavy atom. The van der Waals surface area contributed by atoms with Gasteiger partial charge in [-0.2, -0.15) is 0 Å². The summed E-state index contributed by atoms with van der Waals surface area (Å²) in [5, 5.41) is 3.22. The van der Waals surface area contributed by atoms with E-state index in [1.165, 1.54) is 17.8 Å². The summed E-state index contributed by atoms with van der Waals surface area (Å²) < 4.78 is 20.0. The number of fused-ring (bicyclic) bond motifs is 1. The Kier molecular flexibility index (Phi) is 5.19. The summed E-state index contributed by atoms with van der Waals surface area (Å²) in [5.74, 6) is 0.711. The molecule has 0 saturated heterocycles. The molecule has 26 heavy (non-hydrogen) atoms. The molecule has 1 saturated carbocycles. The molecule has 2 aliphatic rings. The monoisotopic (exact) mass is 379 g/mol. The minimum Gasteiger partial charge on any atom is -0.444 e. The van der Waals surface area contributed by atoms with Crippen molar-refractivity contribution in [2.75, 3.05) is 11.5 Å². The second kappa shape index (κ2) is 7.10. The van der Waals surface area contributed by atoms with Crippen LogP contribution in [0.15, 0.2) is 23.2 Å². The number of hydrogen-bond donors (Lipinski definition) is 2. The summed E-state index contributed by atoms with van der Waals surface area (Å²) in [5.41, 5.74) is 5.72. The van der Waals surface area contributed by atoms with E-state index in [4.69, 9.17) is 15.5 Å². The zero-order chi connectivity index (χ0) is 18.9. The van der Waals surface area contributed by atoms with Crippen molar-refractivity contribution < 1.29 is 13.9 Å². The third-order valence-corrected chi connectivity index (χ3v) is 5.86. The van der Waals surface area contributed by atoms with Crippen LogP contribution in [-0.2, 0) is 10.3 Å². The molecule has 1 aliphatic carbocycles. The largest absolute Gasteiger partial charge is 0.444 e. The van der Waals surface area contributed by atoms with E-state index in [0.29, 0.717) is 16.4 Å². The van der Waals surface area contributed by atoms with Gasteiger partial charge in [-0.05, 0) is 57.7 Å². The predicted octanol–water partition coefficient (Wildman–Crippen LogP) is 4.42. The van der Waals surface area contributed by atoms with Crippen LogP contribution in [0.25, 0.3) is 0 Å². The summed E-state index contributed by atoms with van der Waals surface area (Å²) in [4.78, 5) is 17.0. The first kappa shape index (κ1) is 19.0. The van der Waals surface area contributed by atoms with E-state index in [-0.39, 0.29) is 11.7 Å². The van der Waals surface area contributed by atoms with Crippen LogP contribution < -0.4 is 11.1 Å². The maximum Gasteiger partial charge on any atom is 0.413 e. The van der Waals surface area contributed by atoms with Gasteiger partial charge in [0.05, 0.1) is 5.54 Å². The highest BCUT2D eigenvalue weighted by Gasteiger charge is 2.46. The van der Waals surface area contributed by atoms with Crippen LogP contribution in [0.2, 0.25) is 0 Å². The van der Waals surface area contributed by atoms with Crippen LogP contribution in [0.3, 0.4) is 0 Å². The molecule has 5 nitrogen and oxygen atoms in total. The van der Waals surface area contributed by atoms with E-state index in [0.717, 1.165) is 31.4 Å². The molecule has 1 amide bonds. The zero-order valence-corrected chi connectivity index (χ0v) is 16.3. The van der Waals surface area contributed by atoms with Gasteiger partial charge < -0.3 is 10.5 Å². The highest BCUT2D eigenvalue weighted by atomic mass is 32.2. The van der Waals surface area contributed by atoms with Crippen LogP contribution in [0, 0.1) is 11.7 Å². The highest BCUT2D eigenvalue weighted by molar-refractivity contribution is 8.13. The van der Waals surface area contributed by atoms with Crippen molar-refractivity contribution >= 4 is 28.7 Å². The number of hydrogen-bond acceptors (Lipinski definition) is 5. The molecule has 0 radical (unpaired) electrons. The van der Waals surface area contributed by atoms with Crippen LogP contribution in [0.5, 0.6) is 0 Å². The van der Waals surface area contributed by atoms with Crippen molar-refractivity contribution in [3.05, 3.63) is 29.6 Å².